The molecule has 1 N–H and O–H groups in total. The van der Waals surface area contributed by atoms with Crippen LogP contribution < -0.4 is 9.47 Å². The van der Waals surface area contributed by atoms with Crippen LogP contribution in [0.5, 0.6) is 17.2 Å². The van der Waals surface area contributed by atoms with Gasteiger partial charge in [-0.2, -0.15) is 13.2 Å². The molecule has 0 aliphatic heterocycles. The summed E-state index contributed by atoms with van der Waals surface area (Å²) in [6, 6.07) is 10.1. The minimum absolute atomic E-state index is 0.0124. The number of aliphatic carboxylic acids is 1. The number of carbonyl (C=O) groups is 1. The van der Waals surface area contributed by atoms with Crippen molar-refractivity contribution in [3.63, 3.8) is 0 Å². The minimum Gasteiger partial charge on any atom is -0.493 e. The number of halogens is 6. The van der Waals surface area contributed by atoms with E-state index in [4.69, 9.17) is 37.8 Å². The Labute approximate surface area is 177 Å². The molecule has 0 saturated carbocycles. The highest BCUT2D eigenvalue weighted by molar-refractivity contribution is 6.37. The van der Waals surface area contributed by atoms with Crippen LogP contribution in [0.2, 0.25) is 10.0 Å². The van der Waals surface area contributed by atoms with Gasteiger partial charge in [-0.05, 0) is 41.1 Å². The van der Waals surface area contributed by atoms with Crippen molar-refractivity contribution in [2.24, 2.45) is 0 Å². The smallest absolute Gasteiger partial charge is 0.419 e. The molecule has 0 fully saturated rings. The van der Waals surface area contributed by atoms with E-state index >= 15 is 0 Å². The summed E-state index contributed by atoms with van der Waals surface area (Å²) in [6.07, 6.45) is -5.10. The van der Waals surface area contributed by atoms with Crippen LogP contribution in [-0.4, -0.2) is 17.7 Å². The largest absolute Gasteiger partial charge is 0.493 e. The number of carboxylic acid groups (broad SMARTS) is 1. The average Bonchev–Trinajstić information content (AvgIpc) is 2.66. The standard InChI is InChI=1S/C20H12Cl2F4O4/c21-15-9-14(20(24,25)26)18(23)17(22)19(15)30-13-4-2-10-7-12(3-1-11(10)8-13)29-6-5-16(27)28/h1-4,7-9H,5-6H2,(H,27,28). The summed E-state index contributed by atoms with van der Waals surface area (Å²) in [5, 5.41) is 8.67. The van der Waals surface area contributed by atoms with Gasteiger partial charge in [-0.1, -0.05) is 35.3 Å². The van der Waals surface area contributed by atoms with E-state index in [0.29, 0.717) is 17.2 Å². The van der Waals surface area contributed by atoms with E-state index in [-0.39, 0.29) is 18.8 Å². The maximum atomic E-state index is 14.0. The van der Waals surface area contributed by atoms with E-state index in [9.17, 15) is 22.4 Å². The Morgan fingerprint density at radius 1 is 1.00 bits per heavy atom. The molecule has 0 spiro atoms. The van der Waals surface area contributed by atoms with Crippen LogP contribution in [0.15, 0.2) is 42.5 Å². The monoisotopic (exact) mass is 462 g/mol. The molecule has 10 heteroatoms. The van der Waals surface area contributed by atoms with Crippen LogP contribution in [0.1, 0.15) is 12.0 Å². The number of hydrogen-bond donors (Lipinski definition) is 1. The number of rotatable bonds is 6. The summed E-state index contributed by atoms with van der Waals surface area (Å²) in [6.45, 7) is 0.0124. The summed E-state index contributed by atoms with van der Waals surface area (Å²) < 4.78 is 63.4. The number of ether oxygens (including phenoxy) is 2. The Hall–Kier alpha value is -2.71. The van der Waals surface area contributed by atoms with E-state index in [1.54, 1.807) is 30.3 Å². The fraction of sp³-hybridized carbons (Fsp3) is 0.150. The van der Waals surface area contributed by atoms with Crippen molar-refractivity contribution >= 4 is 39.9 Å². The summed E-state index contributed by atoms with van der Waals surface area (Å²) in [5.74, 6) is -2.45. The van der Waals surface area contributed by atoms with Gasteiger partial charge in [0.2, 0.25) is 0 Å². The highest BCUT2D eigenvalue weighted by Gasteiger charge is 2.37. The van der Waals surface area contributed by atoms with Crippen LogP contribution in [0, 0.1) is 5.82 Å². The average molecular weight is 463 g/mol. The summed E-state index contributed by atoms with van der Waals surface area (Å²) >= 11 is 11.6. The molecule has 3 aromatic rings. The van der Waals surface area contributed by atoms with Gasteiger partial charge in [0.25, 0.3) is 0 Å². The highest BCUT2D eigenvalue weighted by atomic mass is 35.5. The zero-order valence-electron chi connectivity index (χ0n) is 14.9. The quantitative estimate of drug-likeness (QED) is 0.318. The van der Waals surface area contributed by atoms with Crippen LogP contribution in [-0.2, 0) is 11.0 Å². The molecule has 3 aromatic carbocycles. The van der Waals surface area contributed by atoms with E-state index in [1.165, 1.54) is 6.07 Å². The molecule has 0 heterocycles. The Bertz CT molecular complexity index is 1120. The maximum absolute atomic E-state index is 14.0. The lowest BCUT2D eigenvalue weighted by Gasteiger charge is -2.15. The zero-order chi connectivity index (χ0) is 22.1. The topological polar surface area (TPSA) is 55.8 Å². The lowest BCUT2D eigenvalue weighted by Crippen LogP contribution is -2.09. The molecule has 0 amide bonds. The van der Waals surface area contributed by atoms with E-state index in [0.717, 1.165) is 5.39 Å². The summed E-state index contributed by atoms with van der Waals surface area (Å²) in [4.78, 5) is 10.5. The molecule has 0 atom stereocenters. The molecule has 30 heavy (non-hydrogen) atoms. The number of carboxylic acids is 1. The SMILES string of the molecule is O=C(O)CCOc1ccc2cc(Oc3c(Cl)cc(C(F)(F)F)c(F)c3Cl)ccc2c1. The van der Waals surface area contributed by atoms with E-state index in [1.807, 2.05) is 0 Å². The molecule has 158 valence electrons. The van der Waals surface area contributed by atoms with E-state index < -0.39 is 39.3 Å². The van der Waals surface area contributed by atoms with Gasteiger partial charge in [0, 0.05) is 0 Å². The second-order valence-electron chi connectivity index (χ2n) is 6.13. The molecule has 0 bridgehead atoms. The fourth-order valence-electron chi connectivity index (χ4n) is 2.61. The number of alkyl halides is 3. The number of benzene rings is 3. The van der Waals surface area contributed by atoms with Gasteiger partial charge in [0.1, 0.15) is 16.5 Å². The van der Waals surface area contributed by atoms with Crippen molar-refractivity contribution in [2.45, 2.75) is 12.6 Å². The molecular weight excluding hydrogens is 451 g/mol. The maximum Gasteiger partial charge on any atom is 0.419 e. The third-order valence-electron chi connectivity index (χ3n) is 4.01. The van der Waals surface area contributed by atoms with Crippen molar-refractivity contribution in [1.82, 2.24) is 0 Å². The van der Waals surface area contributed by atoms with Crippen LogP contribution >= 0.6 is 23.2 Å². The van der Waals surface area contributed by atoms with Gasteiger partial charge in [-0.25, -0.2) is 4.39 Å². The molecule has 3 rings (SSSR count). The van der Waals surface area contributed by atoms with Crippen molar-refractivity contribution in [3.05, 3.63) is 63.9 Å². The summed E-state index contributed by atoms with van der Waals surface area (Å²) in [5.41, 5.74) is -1.58. The zero-order valence-corrected chi connectivity index (χ0v) is 16.4. The lowest BCUT2D eigenvalue weighted by atomic mass is 10.1. The normalized spacial score (nSPS) is 11.5. The van der Waals surface area contributed by atoms with Crippen molar-refractivity contribution < 1.29 is 36.9 Å². The van der Waals surface area contributed by atoms with Crippen LogP contribution in [0.4, 0.5) is 17.6 Å². The molecule has 0 aliphatic rings. The molecule has 4 nitrogen and oxygen atoms in total. The fourth-order valence-corrected chi connectivity index (χ4v) is 3.14. The Balaban J connectivity index is 1.86. The Morgan fingerprint density at radius 3 is 2.20 bits per heavy atom. The van der Waals surface area contributed by atoms with Crippen LogP contribution in [0.25, 0.3) is 10.8 Å². The van der Waals surface area contributed by atoms with Gasteiger partial charge in [0.05, 0.1) is 23.6 Å². The van der Waals surface area contributed by atoms with Gasteiger partial charge in [0.15, 0.2) is 11.6 Å². The number of hydrogen-bond acceptors (Lipinski definition) is 3. The van der Waals surface area contributed by atoms with Gasteiger partial charge >= 0.3 is 12.1 Å². The molecule has 0 saturated heterocycles. The van der Waals surface area contributed by atoms with Gasteiger partial charge in [-0.3, -0.25) is 4.79 Å². The van der Waals surface area contributed by atoms with Crippen molar-refractivity contribution in [2.75, 3.05) is 6.61 Å². The van der Waals surface area contributed by atoms with Crippen molar-refractivity contribution in [3.8, 4) is 17.2 Å². The second kappa shape index (κ2) is 8.57. The first-order chi connectivity index (χ1) is 14.1. The van der Waals surface area contributed by atoms with Crippen molar-refractivity contribution in [1.29, 1.82) is 0 Å². The van der Waals surface area contributed by atoms with Crippen LogP contribution in [0.3, 0.4) is 0 Å². The molecular formula is C20H12Cl2F4O4. The third kappa shape index (κ3) is 4.88. The molecule has 0 radical (unpaired) electrons. The predicted octanol–water partition coefficient (Wildman–Crippen LogP) is 6.95. The van der Waals surface area contributed by atoms with Gasteiger partial charge < -0.3 is 14.6 Å². The third-order valence-corrected chi connectivity index (χ3v) is 4.63. The lowest BCUT2D eigenvalue weighted by molar-refractivity contribution is -0.140. The predicted molar refractivity (Wildman–Crippen MR) is 103 cm³/mol. The Morgan fingerprint density at radius 2 is 1.60 bits per heavy atom. The van der Waals surface area contributed by atoms with E-state index in [2.05, 4.69) is 0 Å². The first kappa shape index (κ1) is 22.0. The minimum atomic E-state index is -4.96. The number of fused-ring (bicyclic) bond motifs is 1. The molecule has 0 unspecified atom stereocenters. The Kier molecular flexibility index (Phi) is 6.28. The van der Waals surface area contributed by atoms with Gasteiger partial charge in [-0.15, -0.1) is 0 Å². The molecule has 0 aliphatic carbocycles. The highest BCUT2D eigenvalue weighted by Crippen LogP contribution is 2.44. The first-order valence-electron chi connectivity index (χ1n) is 8.37. The summed E-state index contributed by atoms with van der Waals surface area (Å²) in [7, 11) is 0. The molecule has 0 aromatic heterocycles. The second-order valence-corrected chi connectivity index (χ2v) is 6.91. The first-order valence-corrected chi connectivity index (χ1v) is 9.13.